The van der Waals surface area contributed by atoms with Gasteiger partial charge in [0.1, 0.15) is 0 Å². The van der Waals surface area contributed by atoms with Gasteiger partial charge in [-0.05, 0) is 26.4 Å². The number of piperazine rings is 1. The van der Waals surface area contributed by atoms with Crippen LogP contribution in [0.4, 0.5) is 0 Å². The number of nitrogens with zero attached hydrogens (tertiary/aromatic N) is 2. The fourth-order valence-electron chi connectivity index (χ4n) is 2.87. The van der Waals surface area contributed by atoms with Crippen LogP contribution in [0.2, 0.25) is 0 Å². The number of likely N-dealkylation sites (N-methyl/N-ethyl adjacent to an activating group) is 2. The Morgan fingerprint density at radius 3 is 2.67 bits per heavy atom. The van der Waals surface area contributed by atoms with Crippen molar-refractivity contribution in [1.29, 1.82) is 0 Å². The third-order valence-corrected chi connectivity index (χ3v) is 3.63. The van der Waals surface area contributed by atoms with Gasteiger partial charge in [0.15, 0.2) is 0 Å². The third kappa shape index (κ3) is 1.27. The molecule has 0 aromatic heterocycles. The quantitative estimate of drug-likeness (QED) is 0.580. The molecule has 0 N–H and O–H groups in total. The summed E-state index contributed by atoms with van der Waals surface area (Å²) in [7, 11) is 2.29. The minimum absolute atomic E-state index is 0.874. The first-order valence-corrected chi connectivity index (χ1v) is 5.27. The van der Waals surface area contributed by atoms with Gasteiger partial charge >= 0.3 is 0 Å². The Labute approximate surface area is 75.5 Å². The predicted molar refractivity (Wildman–Crippen MR) is 51.3 cm³/mol. The van der Waals surface area contributed by atoms with E-state index in [-0.39, 0.29) is 0 Å². The molecule has 2 heteroatoms. The van der Waals surface area contributed by atoms with Crippen molar-refractivity contribution in [3.05, 3.63) is 0 Å². The van der Waals surface area contributed by atoms with E-state index < -0.39 is 0 Å². The van der Waals surface area contributed by atoms with E-state index in [0.717, 1.165) is 12.1 Å². The van der Waals surface area contributed by atoms with Crippen LogP contribution in [0.5, 0.6) is 0 Å². The van der Waals surface area contributed by atoms with Crippen molar-refractivity contribution in [2.45, 2.75) is 38.3 Å². The number of hydrogen-bond donors (Lipinski definition) is 0. The summed E-state index contributed by atoms with van der Waals surface area (Å²) in [5.41, 5.74) is 0. The molecule has 0 unspecified atom stereocenters. The van der Waals surface area contributed by atoms with Gasteiger partial charge in [-0.1, -0.05) is 13.3 Å². The second kappa shape index (κ2) is 3.35. The second-order valence-corrected chi connectivity index (χ2v) is 4.17. The van der Waals surface area contributed by atoms with E-state index in [0.29, 0.717) is 0 Å². The van der Waals surface area contributed by atoms with Crippen molar-refractivity contribution in [1.82, 2.24) is 9.80 Å². The van der Waals surface area contributed by atoms with Gasteiger partial charge in [-0.15, -0.1) is 0 Å². The highest BCUT2D eigenvalue weighted by Gasteiger charge is 2.36. The third-order valence-electron chi connectivity index (χ3n) is 3.63. The van der Waals surface area contributed by atoms with Crippen LogP contribution in [0, 0.1) is 0 Å². The topological polar surface area (TPSA) is 6.48 Å². The van der Waals surface area contributed by atoms with E-state index in [1.165, 1.54) is 38.9 Å². The lowest BCUT2D eigenvalue weighted by molar-refractivity contribution is 0.0567. The van der Waals surface area contributed by atoms with Crippen molar-refractivity contribution in [3.8, 4) is 0 Å². The molecule has 1 aliphatic heterocycles. The van der Waals surface area contributed by atoms with Gasteiger partial charge < -0.3 is 4.90 Å². The molecule has 0 bridgehead atoms. The highest BCUT2D eigenvalue weighted by atomic mass is 15.3. The highest BCUT2D eigenvalue weighted by Crippen LogP contribution is 2.30. The standard InChI is InChI=1S/C10H20N2/c1-3-12-8-7-11(2)9-5-4-6-10(9)12/h9-10H,3-8H2,1-2H3/t9-,10-/m0/s1. The van der Waals surface area contributed by atoms with Gasteiger partial charge in [0.2, 0.25) is 0 Å². The van der Waals surface area contributed by atoms with Crippen molar-refractivity contribution in [2.24, 2.45) is 0 Å². The van der Waals surface area contributed by atoms with Crippen LogP contribution in [0.15, 0.2) is 0 Å². The molecule has 2 aliphatic rings. The van der Waals surface area contributed by atoms with Crippen LogP contribution in [0.1, 0.15) is 26.2 Å². The summed E-state index contributed by atoms with van der Waals surface area (Å²) in [5, 5.41) is 0. The summed E-state index contributed by atoms with van der Waals surface area (Å²) in [6.07, 6.45) is 4.30. The van der Waals surface area contributed by atoms with Crippen LogP contribution in [-0.2, 0) is 0 Å². The van der Waals surface area contributed by atoms with Gasteiger partial charge in [-0.25, -0.2) is 0 Å². The Bertz CT molecular complexity index is 158. The maximum Gasteiger partial charge on any atom is 0.0251 e. The maximum absolute atomic E-state index is 2.66. The van der Waals surface area contributed by atoms with E-state index in [4.69, 9.17) is 0 Å². The Balaban J connectivity index is 2.06. The van der Waals surface area contributed by atoms with Gasteiger partial charge in [0, 0.05) is 25.2 Å². The number of rotatable bonds is 1. The van der Waals surface area contributed by atoms with E-state index in [2.05, 4.69) is 23.8 Å². The highest BCUT2D eigenvalue weighted by molar-refractivity contribution is 4.94. The maximum atomic E-state index is 2.66. The Hall–Kier alpha value is -0.0800. The SMILES string of the molecule is CCN1CCN(C)[C@H]2CCC[C@@H]21. The fraction of sp³-hybridized carbons (Fsp3) is 1.00. The predicted octanol–water partition coefficient (Wildman–Crippen LogP) is 1.17. The van der Waals surface area contributed by atoms with Crippen LogP contribution < -0.4 is 0 Å². The molecule has 0 amide bonds. The minimum Gasteiger partial charge on any atom is -0.301 e. The molecule has 0 spiro atoms. The average molecular weight is 168 g/mol. The molecular weight excluding hydrogens is 148 g/mol. The first kappa shape index (κ1) is 8.52. The first-order valence-electron chi connectivity index (χ1n) is 5.27. The molecule has 2 nitrogen and oxygen atoms in total. The summed E-state index contributed by atoms with van der Waals surface area (Å²) in [4.78, 5) is 5.22. The van der Waals surface area contributed by atoms with Crippen LogP contribution >= 0.6 is 0 Å². The molecule has 1 heterocycles. The molecule has 2 rings (SSSR count). The van der Waals surface area contributed by atoms with E-state index in [1.807, 2.05) is 0 Å². The molecule has 1 aliphatic carbocycles. The Kier molecular flexibility index (Phi) is 2.37. The molecule has 70 valence electrons. The summed E-state index contributed by atoms with van der Waals surface area (Å²) in [5.74, 6) is 0. The monoisotopic (exact) mass is 168 g/mol. The van der Waals surface area contributed by atoms with Crippen LogP contribution in [0.25, 0.3) is 0 Å². The van der Waals surface area contributed by atoms with Crippen LogP contribution in [0.3, 0.4) is 0 Å². The van der Waals surface area contributed by atoms with E-state index in [9.17, 15) is 0 Å². The zero-order valence-corrected chi connectivity index (χ0v) is 8.29. The van der Waals surface area contributed by atoms with Gasteiger partial charge in [-0.3, -0.25) is 4.90 Å². The Morgan fingerprint density at radius 2 is 1.92 bits per heavy atom. The molecule has 0 aromatic carbocycles. The summed E-state index contributed by atoms with van der Waals surface area (Å²) < 4.78 is 0. The van der Waals surface area contributed by atoms with Crippen LogP contribution in [-0.4, -0.2) is 48.6 Å². The fourth-order valence-corrected chi connectivity index (χ4v) is 2.87. The molecule has 1 saturated carbocycles. The van der Waals surface area contributed by atoms with E-state index in [1.54, 1.807) is 0 Å². The molecule has 0 radical (unpaired) electrons. The molecule has 0 aromatic rings. The summed E-state index contributed by atoms with van der Waals surface area (Å²) in [6.45, 7) is 6.10. The summed E-state index contributed by atoms with van der Waals surface area (Å²) in [6, 6.07) is 1.76. The zero-order valence-electron chi connectivity index (χ0n) is 8.29. The van der Waals surface area contributed by atoms with Gasteiger partial charge in [0.25, 0.3) is 0 Å². The van der Waals surface area contributed by atoms with E-state index >= 15 is 0 Å². The zero-order chi connectivity index (χ0) is 8.55. The Morgan fingerprint density at radius 1 is 1.17 bits per heavy atom. The second-order valence-electron chi connectivity index (χ2n) is 4.17. The lowest BCUT2D eigenvalue weighted by Gasteiger charge is -2.42. The normalized spacial score (nSPS) is 38.5. The number of fused-ring (bicyclic) bond motifs is 1. The first-order chi connectivity index (χ1) is 5.83. The summed E-state index contributed by atoms with van der Waals surface area (Å²) >= 11 is 0. The van der Waals surface area contributed by atoms with Crippen molar-refractivity contribution in [3.63, 3.8) is 0 Å². The molecule has 12 heavy (non-hydrogen) atoms. The number of hydrogen-bond acceptors (Lipinski definition) is 2. The average Bonchev–Trinajstić information content (AvgIpc) is 2.54. The molecule has 2 fully saturated rings. The smallest absolute Gasteiger partial charge is 0.0251 e. The molecule has 1 saturated heterocycles. The van der Waals surface area contributed by atoms with Crippen molar-refractivity contribution in [2.75, 3.05) is 26.7 Å². The largest absolute Gasteiger partial charge is 0.301 e. The molecule has 2 atom stereocenters. The van der Waals surface area contributed by atoms with Gasteiger partial charge in [-0.2, -0.15) is 0 Å². The van der Waals surface area contributed by atoms with Crippen molar-refractivity contribution >= 4 is 0 Å². The lowest BCUT2D eigenvalue weighted by atomic mass is 10.1. The van der Waals surface area contributed by atoms with Gasteiger partial charge in [0.05, 0.1) is 0 Å². The lowest BCUT2D eigenvalue weighted by Crippen LogP contribution is -2.55. The minimum atomic E-state index is 0.874. The molecular formula is C10H20N2. The van der Waals surface area contributed by atoms with Crippen molar-refractivity contribution < 1.29 is 0 Å².